The number of carbonyl (C=O) groups excluding carboxylic acids is 1. The van der Waals surface area contributed by atoms with Gasteiger partial charge in [-0.1, -0.05) is 6.07 Å². The molecule has 0 unspecified atom stereocenters. The molecule has 3 heterocycles. The second-order valence-electron chi connectivity index (χ2n) is 6.15. The molecule has 0 atom stereocenters. The lowest BCUT2D eigenvalue weighted by Gasteiger charge is -2.28. The molecule has 2 aromatic rings. The quantitative estimate of drug-likeness (QED) is 0.939. The zero-order valence-electron chi connectivity index (χ0n) is 13.1. The number of nitrogens with one attached hydrogen (secondary N) is 1. The number of rotatable bonds is 3. The van der Waals surface area contributed by atoms with Crippen molar-refractivity contribution in [1.29, 1.82) is 0 Å². The van der Waals surface area contributed by atoms with Gasteiger partial charge in [-0.05, 0) is 31.4 Å². The normalized spacial score (nSPS) is 16.8. The van der Waals surface area contributed by atoms with Crippen LogP contribution in [0.1, 0.15) is 31.0 Å². The number of aromatic nitrogens is 3. The van der Waals surface area contributed by atoms with Crippen molar-refractivity contribution in [3.05, 3.63) is 35.7 Å². The first-order valence-electron chi connectivity index (χ1n) is 8.04. The van der Waals surface area contributed by atoms with Crippen LogP contribution in [-0.4, -0.2) is 38.3 Å². The predicted molar refractivity (Wildman–Crippen MR) is 86.7 cm³/mol. The Bertz CT molecular complexity index is 742. The third kappa shape index (κ3) is 2.88. The van der Waals surface area contributed by atoms with Crippen molar-refractivity contribution in [3.8, 4) is 11.5 Å². The third-order valence-electron chi connectivity index (χ3n) is 4.32. The van der Waals surface area contributed by atoms with Crippen molar-refractivity contribution in [2.24, 2.45) is 0 Å². The van der Waals surface area contributed by atoms with Crippen molar-refractivity contribution in [2.45, 2.75) is 38.8 Å². The first kappa shape index (κ1) is 14.1. The van der Waals surface area contributed by atoms with Crippen LogP contribution in [0.2, 0.25) is 0 Å². The Labute approximate surface area is 135 Å². The number of hydrogen-bond donors (Lipinski definition) is 1. The van der Waals surface area contributed by atoms with Crippen LogP contribution in [0.5, 0.6) is 0 Å². The van der Waals surface area contributed by atoms with Gasteiger partial charge >= 0.3 is 0 Å². The first-order valence-corrected chi connectivity index (χ1v) is 8.04. The Hall–Kier alpha value is -2.50. The maximum atomic E-state index is 11.7. The molecule has 4 rings (SSSR count). The van der Waals surface area contributed by atoms with Gasteiger partial charge in [0.2, 0.25) is 5.91 Å². The molecule has 0 bridgehead atoms. The van der Waals surface area contributed by atoms with Crippen LogP contribution in [-0.2, 0) is 17.8 Å². The molecule has 6 heteroatoms. The summed E-state index contributed by atoms with van der Waals surface area (Å²) in [6.45, 7) is 2.88. The maximum absolute atomic E-state index is 11.7. The van der Waals surface area contributed by atoms with Crippen LogP contribution >= 0.6 is 0 Å². The molecular weight excluding hydrogens is 290 g/mol. The van der Waals surface area contributed by atoms with Crippen LogP contribution in [0.25, 0.3) is 11.5 Å². The summed E-state index contributed by atoms with van der Waals surface area (Å²) in [5.74, 6) is 1.63. The molecule has 0 saturated heterocycles. The number of nitrogens with zero attached hydrogens (tertiary/aromatic N) is 4. The van der Waals surface area contributed by atoms with E-state index in [0.29, 0.717) is 18.4 Å². The van der Waals surface area contributed by atoms with E-state index in [2.05, 4.69) is 10.3 Å². The number of amides is 1. The standard InChI is InChI=1S/C17H19N5O/c1-11(23)22-9-7-13-15(10-22)20-17(14-4-2-3-8-18-14)21-16(13)19-12-5-6-12/h2-4,8,12H,5-7,9-10H2,1H3,(H,19,20,21). The molecule has 0 aromatic carbocycles. The lowest BCUT2D eigenvalue weighted by Crippen LogP contribution is -2.35. The molecular formula is C17H19N5O. The number of pyridine rings is 1. The minimum atomic E-state index is 0.0883. The van der Waals surface area contributed by atoms with Gasteiger partial charge in [-0.25, -0.2) is 9.97 Å². The smallest absolute Gasteiger partial charge is 0.219 e. The summed E-state index contributed by atoms with van der Waals surface area (Å²) in [5.41, 5.74) is 2.84. The fourth-order valence-corrected chi connectivity index (χ4v) is 2.85. The highest BCUT2D eigenvalue weighted by molar-refractivity contribution is 5.74. The molecule has 1 aliphatic heterocycles. The summed E-state index contributed by atoms with van der Waals surface area (Å²) >= 11 is 0. The van der Waals surface area contributed by atoms with Gasteiger partial charge in [0.15, 0.2) is 5.82 Å². The molecule has 2 aromatic heterocycles. The second kappa shape index (κ2) is 5.61. The highest BCUT2D eigenvalue weighted by Gasteiger charge is 2.28. The van der Waals surface area contributed by atoms with Gasteiger partial charge < -0.3 is 10.2 Å². The Morgan fingerprint density at radius 2 is 2.17 bits per heavy atom. The summed E-state index contributed by atoms with van der Waals surface area (Å²) in [6, 6.07) is 6.24. The zero-order valence-corrected chi connectivity index (χ0v) is 13.1. The van der Waals surface area contributed by atoms with Crippen molar-refractivity contribution < 1.29 is 4.79 Å². The molecule has 0 spiro atoms. The fourth-order valence-electron chi connectivity index (χ4n) is 2.85. The average molecular weight is 309 g/mol. The van der Waals surface area contributed by atoms with E-state index in [0.717, 1.165) is 35.7 Å². The van der Waals surface area contributed by atoms with E-state index < -0.39 is 0 Å². The Morgan fingerprint density at radius 1 is 1.30 bits per heavy atom. The van der Waals surface area contributed by atoms with Gasteiger partial charge in [0, 0.05) is 31.3 Å². The molecule has 118 valence electrons. The fraction of sp³-hybridized carbons (Fsp3) is 0.412. The summed E-state index contributed by atoms with van der Waals surface area (Å²) in [7, 11) is 0. The van der Waals surface area contributed by atoms with E-state index in [9.17, 15) is 4.79 Å². The Balaban J connectivity index is 1.76. The molecule has 1 fully saturated rings. The first-order chi connectivity index (χ1) is 11.2. The van der Waals surface area contributed by atoms with Crippen LogP contribution in [0.4, 0.5) is 5.82 Å². The van der Waals surface area contributed by atoms with Crippen LogP contribution in [0.3, 0.4) is 0 Å². The van der Waals surface area contributed by atoms with Crippen molar-refractivity contribution >= 4 is 11.7 Å². The molecule has 2 aliphatic rings. The average Bonchev–Trinajstić information content (AvgIpc) is 3.39. The largest absolute Gasteiger partial charge is 0.367 e. The van der Waals surface area contributed by atoms with E-state index in [-0.39, 0.29) is 5.91 Å². The van der Waals surface area contributed by atoms with Gasteiger partial charge in [0.1, 0.15) is 11.5 Å². The lowest BCUT2D eigenvalue weighted by molar-refractivity contribution is -0.129. The van der Waals surface area contributed by atoms with Crippen LogP contribution < -0.4 is 5.32 Å². The van der Waals surface area contributed by atoms with E-state index in [1.807, 2.05) is 23.1 Å². The molecule has 1 saturated carbocycles. The molecule has 1 N–H and O–H groups in total. The molecule has 0 radical (unpaired) electrons. The van der Waals surface area contributed by atoms with Gasteiger partial charge in [-0.2, -0.15) is 0 Å². The third-order valence-corrected chi connectivity index (χ3v) is 4.32. The highest BCUT2D eigenvalue weighted by Crippen LogP contribution is 2.30. The van der Waals surface area contributed by atoms with Crippen molar-refractivity contribution in [2.75, 3.05) is 11.9 Å². The van der Waals surface area contributed by atoms with E-state index in [1.165, 1.54) is 12.8 Å². The van der Waals surface area contributed by atoms with Gasteiger partial charge in [-0.15, -0.1) is 0 Å². The molecule has 1 amide bonds. The minimum absolute atomic E-state index is 0.0883. The second-order valence-corrected chi connectivity index (χ2v) is 6.15. The molecule has 23 heavy (non-hydrogen) atoms. The Morgan fingerprint density at radius 3 is 2.87 bits per heavy atom. The predicted octanol–water partition coefficient (Wildman–Crippen LogP) is 2.02. The Kier molecular flexibility index (Phi) is 3.44. The molecule has 1 aliphatic carbocycles. The van der Waals surface area contributed by atoms with Crippen LogP contribution in [0.15, 0.2) is 24.4 Å². The SMILES string of the molecule is CC(=O)N1CCc2c(nc(-c3ccccn3)nc2NC2CC2)C1. The summed E-state index contributed by atoms with van der Waals surface area (Å²) in [6.07, 6.45) is 4.93. The number of anilines is 1. The highest BCUT2D eigenvalue weighted by atomic mass is 16.2. The summed E-state index contributed by atoms with van der Waals surface area (Å²) < 4.78 is 0. The van der Waals surface area contributed by atoms with E-state index >= 15 is 0 Å². The number of carbonyl (C=O) groups is 1. The summed E-state index contributed by atoms with van der Waals surface area (Å²) in [5, 5.41) is 3.52. The topological polar surface area (TPSA) is 71.0 Å². The zero-order chi connectivity index (χ0) is 15.8. The van der Waals surface area contributed by atoms with Crippen molar-refractivity contribution in [3.63, 3.8) is 0 Å². The number of hydrogen-bond acceptors (Lipinski definition) is 5. The minimum Gasteiger partial charge on any atom is -0.367 e. The van der Waals surface area contributed by atoms with Crippen LogP contribution in [0, 0.1) is 0 Å². The number of fused-ring (bicyclic) bond motifs is 1. The van der Waals surface area contributed by atoms with Gasteiger partial charge in [0.25, 0.3) is 0 Å². The monoisotopic (exact) mass is 309 g/mol. The van der Waals surface area contributed by atoms with E-state index in [1.54, 1.807) is 13.1 Å². The van der Waals surface area contributed by atoms with Crippen molar-refractivity contribution in [1.82, 2.24) is 19.9 Å². The summed E-state index contributed by atoms with van der Waals surface area (Å²) in [4.78, 5) is 27.3. The van der Waals surface area contributed by atoms with Gasteiger partial charge in [0.05, 0.1) is 12.2 Å². The lowest BCUT2D eigenvalue weighted by atomic mass is 10.0. The van der Waals surface area contributed by atoms with Gasteiger partial charge in [-0.3, -0.25) is 9.78 Å². The van der Waals surface area contributed by atoms with E-state index in [4.69, 9.17) is 9.97 Å². The molecule has 6 nitrogen and oxygen atoms in total. The maximum Gasteiger partial charge on any atom is 0.219 e.